The topological polar surface area (TPSA) is 69.6 Å². The van der Waals surface area contributed by atoms with Crippen molar-refractivity contribution in [1.29, 1.82) is 0 Å². The smallest absolute Gasteiger partial charge is 0.317 e. The van der Waals surface area contributed by atoms with Crippen molar-refractivity contribution in [2.24, 2.45) is 10.8 Å². The van der Waals surface area contributed by atoms with Gasteiger partial charge in [0.1, 0.15) is 0 Å². The van der Waals surface area contributed by atoms with Crippen LogP contribution in [0.1, 0.15) is 59.3 Å². The number of amides is 2. The van der Waals surface area contributed by atoms with E-state index in [1.807, 2.05) is 6.92 Å². The van der Waals surface area contributed by atoms with E-state index >= 15 is 0 Å². The Morgan fingerprint density at radius 1 is 1.33 bits per heavy atom. The molecule has 21 heavy (non-hydrogen) atoms. The van der Waals surface area contributed by atoms with Crippen molar-refractivity contribution in [3.05, 3.63) is 0 Å². The first-order valence-electron chi connectivity index (χ1n) is 8.07. The molecule has 2 atom stereocenters. The number of carbonyl (C=O) groups excluding carboxylic acids is 1. The number of carboxylic acid groups (broad SMARTS) is 1. The van der Waals surface area contributed by atoms with Crippen LogP contribution in [0, 0.1) is 10.8 Å². The fourth-order valence-corrected chi connectivity index (χ4v) is 3.84. The molecule has 0 aromatic heterocycles. The predicted molar refractivity (Wildman–Crippen MR) is 81.1 cm³/mol. The van der Waals surface area contributed by atoms with Crippen LogP contribution in [0.4, 0.5) is 4.79 Å². The Morgan fingerprint density at radius 2 is 2.05 bits per heavy atom. The molecule has 1 aliphatic carbocycles. The van der Waals surface area contributed by atoms with Crippen LogP contribution in [0.2, 0.25) is 0 Å². The summed E-state index contributed by atoms with van der Waals surface area (Å²) in [5.74, 6) is -0.762. The Hall–Kier alpha value is -1.26. The molecule has 5 nitrogen and oxygen atoms in total. The standard InChI is InChI=1S/C16H28N2O3/c1-4-6-16(13(19)20)8-9-18(11-16)14(21)17-12-5-7-15(2,3)10-12/h12H,4-11H2,1-3H3,(H,17,21)(H,19,20). The first-order valence-corrected chi connectivity index (χ1v) is 8.07. The number of nitrogens with one attached hydrogen (secondary N) is 1. The number of hydrogen-bond donors (Lipinski definition) is 2. The van der Waals surface area contributed by atoms with Gasteiger partial charge in [0.05, 0.1) is 5.41 Å². The highest BCUT2D eigenvalue weighted by atomic mass is 16.4. The molecular weight excluding hydrogens is 268 g/mol. The summed E-state index contributed by atoms with van der Waals surface area (Å²) in [5, 5.41) is 12.6. The van der Waals surface area contributed by atoms with E-state index in [0.29, 0.717) is 31.3 Å². The summed E-state index contributed by atoms with van der Waals surface area (Å²) in [5.41, 5.74) is -0.434. The number of nitrogens with zero attached hydrogens (tertiary/aromatic N) is 1. The van der Waals surface area contributed by atoms with E-state index in [1.54, 1.807) is 4.90 Å². The van der Waals surface area contributed by atoms with Crippen LogP contribution in [0.25, 0.3) is 0 Å². The third-order valence-electron chi connectivity index (χ3n) is 5.12. The van der Waals surface area contributed by atoms with E-state index in [1.165, 1.54) is 0 Å². The van der Waals surface area contributed by atoms with E-state index in [4.69, 9.17) is 0 Å². The van der Waals surface area contributed by atoms with Crippen molar-refractivity contribution in [2.45, 2.75) is 65.3 Å². The van der Waals surface area contributed by atoms with Crippen LogP contribution in [-0.2, 0) is 4.79 Å². The SMILES string of the molecule is CCCC1(C(=O)O)CCN(C(=O)NC2CCC(C)(C)C2)C1. The number of aliphatic carboxylic acids is 1. The van der Waals surface area contributed by atoms with Crippen LogP contribution < -0.4 is 5.32 Å². The highest BCUT2D eigenvalue weighted by Crippen LogP contribution is 2.38. The predicted octanol–water partition coefficient (Wildman–Crippen LogP) is 2.85. The average Bonchev–Trinajstić information content (AvgIpc) is 2.95. The molecule has 0 aromatic rings. The second-order valence-corrected chi connectivity index (χ2v) is 7.56. The van der Waals surface area contributed by atoms with Gasteiger partial charge in [0.25, 0.3) is 0 Å². The van der Waals surface area contributed by atoms with Crippen molar-refractivity contribution in [3.8, 4) is 0 Å². The van der Waals surface area contributed by atoms with Gasteiger partial charge < -0.3 is 15.3 Å². The number of rotatable bonds is 4. The van der Waals surface area contributed by atoms with Crippen LogP contribution in [0.5, 0.6) is 0 Å². The maximum Gasteiger partial charge on any atom is 0.317 e. The number of urea groups is 1. The number of likely N-dealkylation sites (tertiary alicyclic amines) is 1. The van der Waals surface area contributed by atoms with Crippen molar-refractivity contribution in [2.75, 3.05) is 13.1 Å². The molecule has 2 rings (SSSR count). The van der Waals surface area contributed by atoms with Gasteiger partial charge >= 0.3 is 12.0 Å². The van der Waals surface area contributed by atoms with Gasteiger partial charge in [-0.05, 0) is 37.5 Å². The summed E-state index contributed by atoms with van der Waals surface area (Å²) in [6.45, 7) is 7.35. The first kappa shape index (κ1) is 16.1. The highest BCUT2D eigenvalue weighted by Gasteiger charge is 2.45. The van der Waals surface area contributed by atoms with E-state index in [-0.39, 0.29) is 12.1 Å². The molecule has 1 saturated heterocycles. The van der Waals surface area contributed by atoms with Gasteiger partial charge in [0.15, 0.2) is 0 Å². The van der Waals surface area contributed by atoms with Gasteiger partial charge in [-0.25, -0.2) is 4.79 Å². The maximum absolute atomic E-state index is 12.3. The van der Waals surface area contributed by atoms with Crippen molar-refractivity contribution in [1.82, 2.24) is 10.2 Å². The molecule has 120 valence electrons. The summed E-state index contributed by atoms with van der Waals surface area (Å²) in [6.07, 6.45) is 5.20. The molecule has 0 radical (unpaired) electrons. The fourth-order valence-electron chi connectivity index (χ4n) is 3.84. The van der Waals surface area contributed by atoms with Gasteiger partial charge in [0.2, 0.25) is 0 Å². The zero-order valence-corrected chi connectivity index (χ0v) is 13.4. The molecule has 1 saturated carbocycles. The molecule has 2 aliphatic rings. The lowest BCUT2D eigenvalue weighted by molar-refractivity contribution is -0.148. The molecule has 2 unspecified atom stereocenters. The third-order valence-corrected chi connectivity index (χ3v) is 5.12. The largest absolute Gasteiger partial charge is 0.481 e. The van der Waals surface area contributed by atoms with Gasteiger partial charge in [-0.3, -0.25) is 4.79 Å². The van der Waals surface area contributed by atoms with Crippen LogP contribution in [0.3, 0.4) is 0 Å². The third kappa shape index (κ3) is 3.50. The molecule has 0 spiro atoms. The second kappa shape index (κ2) is 5.85. The Labute approximate surface area is 127 Å². The average molecular weight is 296 g/mol. The Balaban J connectivity index is 1.91. The van der Waals surface area contributed by atoms with E-state index in [2.05, 4.69) is 19.2 Å². The molecule has 1 heterocycles. The Morgan fingerprint density at radius 3 is 2.57 bits per heavy atom. The molecule has 0 aromatic carbocycles. The molecular formula is C16H28N2O3. The van der Waals surface area contributed by atoms with Gasteiger partial charge in [-0.15, -0.1) is 0 Å². The number of carbonyl (C=O) groups is 2. The van der Waals surface area contributed by atoms with Crippen LogP contribution >= 0.6 is 0 Å². The zero-order chi connectivity index (χ0) is 15.7. The number of carboxylic acids is 1. The lowest BCUT2D eigenvalue weighted by atomic mass is 9.83. The first-order chi connectivity index (χ1) is 9.78. The normalized spacial score (nSPS) is 31.4. The molecule has 0 bridgehead atoms. The summed E-state index contributed by atoms with van der Waals surface area (Å²) < 4.78 is 0. The molecule has 2 amide bonds. The molecule has 2 fully saturated rings. The minimum absolute atomic E-state index is 0.0862. The van der Waals surface area contributed by atoms with Crippen molar-refractivity contribution < 1.29 is 14.7 Å². The summed E-state index contributed by atoms with van der Waals surface area (Å²) in [7, 11) is 0. The minimum atomic E-state index is -0.762. The molecule has 2 N–H and O–H groups in total. The van der Waals surface area contributed by atoms with E-state index in [9.17, 15) is 14.7 Å². The van der Waals surface area contributed by atoms with Crippen molar-refractivity contribution in [3.63, 3.8) is 0 Å². The summed E-state index contributed by atoms with van der Waals surface area (Å²) >= 11 is 0. The van der Waals surface area contributed by atoms with Gasteiger partial charge in [-0.2, -0.15) is 0 Å². The number of hydrogen-bond acceptors (Lipinski definition) is 2. The highest BCUT2D eigenvalue weighted by molar-refractivity contribution is 5.80. The zero-order valence-electron chi connectivity index (χ0n) is 13.4. The van der Waals surface area contributed by atoms with Gasteiger partial charge in [-0.1, -0.05) is 27.2 Å². The minimum Gasteiger partial charge on any atom is -0.481 e. The van der Waals surface area contributed by atoms with E-state index in [0.717, 1.165) is 25.7 Å². The molecule has 5 heteroatoms. The van der Waals surface area contributed by atoms with Crippen LogP contribution in [-0.4, -0.2) is 41.1 Å². The molecule has 1 aliphatic heterocycles. The second-order valence-electron chi connectivity index (χ2n) is 7.56. The van der Waals surface area contributed by atoms with Crippen LogP contribution in [0.15, 0.2) is 0 Å². The maximum atomic E-state index is 12.3. The fraction of sp³-hybridized carbons (Fsp3) is 0.875. The van der Waals surface area contributed by atoms with Crippen molar-refractivity contribution >= 4 is 12.0 Å². The lowest BCUT2D eigenvalue weighted by Crippen LogP contribution is -2.45. The van der Waals surface area contributed by atoms with Gasteiger partial charge in [0, 0.05) is 19.1 Å². The van der Waals surface area contributed by atoms with E-state index < -0.39 is 11.4 Å². The lowest BCUT2D eigenvalue weighted by Gasteiger charge is -2.25. The summed E-state index contributed by atoms with van der Waals surface area (Å²) in [6, 6.07) is 0.149. The Bertz CT molecular complexity index is 422. The Kier molecular flexibility index (Phi) is 4.49. The quantitative estimate of drug-likeness (QED) is 0.838. The summed E-state index contributed by atoms with van der Waals surface area (Å²) in [4.78, 5) is 25.6. The monoisotopic (exact) mass is 296 g/mol.